The third kappa shape index (κ3) is 3.71. The molecule has 3 heterocycles. The number of nitrogens with zero attached hydrogens (tertiary/aromatic N) is 4. The standard InChI is InChI=1S/C23H21N7O/c1-2-9-25-23(31)15-5-7-18(8-6-15)27-21-22-24-10-11-30(22)14-20(28-21)16-3-4-17-13-26-29-19(17)12-16/h3-8,10-14H,2,9H2,1H3,(H,25,31)(H,26,29)(H,27,28). The molecule has 154 valence electrons. The number of anilines is 2. The van der Waals surface area contributed by atoms with E-state index in [1.165, 1.54) is 0 Å². The van der Waals surface area contributed by atoms with Crippen LogP contribution in [0.25, 0.3) is 27.8 Å². The minimum Gasteiger partial charge on any atom is -0.352 e. The molecule has 5 rings (SSSR count). The van der Waals surface area contributed by atoms with E-state index in [0.29, 0.717) is 17.9 Å². The normalized spacial score (nSPS) is 11.1. The lowest BCUT2D eigenvalue weighted by Gasteiger charge is -2.11. The number of H-pyrrole nitrogens is 1. The van der Waals surface area contributed by atoms with Gasteiger partial charge >= 0.3 is 0 Å². The number of imidazole rings is 1. The molecule has 0 aliphatic rings. The maximum Gasteiger partial charge on any atom is 0.251 e. The van der Waals surface area contributed by atoms with Crippen molar-refractivity contribution in [3.05, 3.63) is 72.8 Å². The Labute approximate surface area is 178 Å². The van der Waals surface area contributed by atoms with Crippen LogP contribution < -0.4 is 10.6 Å². The zero-order valence-electron chi connectivity index (χ0n) is 17.0. The van der Waals surface area contributed by atoms with Crippen LogP contribution in [0.1, 0.15) is 23.7 Å². The van der Waals surface area contributed by atoms with E-state index < -0.39 is 0 Å². The van der Waals surface area contributed by atoms with Crippen LogP contribution >= 0.6 is 0 Å². The molecule has 0 bridgehead atoms. The molecule has 8 nitrogen and oxygen atoms in total. The summed E-state index contributed by atoms with van der Waals surface area (Å²) in [7, 11) is 0. The van der Waals surface area contributed by atoms with Crippen molar-refractivity contribution < 1.29 is 4.79 Å². The van der Waals surface area contributed by atoms with Crippen LogP contribution in [-0.4, -0.2) is 37.0 Å². The molecule has 1 amide bonds. The second-order valence-corrected chi connectivity index (χ2v) is 7.26. The first kappa shape index (κ1) is 18.8. The highest BCUT2D eigenvalue weighted by molar-refractivity contribution is 5.94. The Morgan fingerprint density at radius 3 is 2.87 bits per heavy atom. The van der Waals surface area contributed by atoms with Gasteiger partial charge in [0.05, 0.1) is 17.4 Å². The molecule has 31 heavy (non-hydrogen) atoms. The fourth-order valence-electron chi connectivity index (χ4n) is 3.43. The zero-order valence-corrected chi connectivity index (χ0v) is 17.0. The lowest BCUT2D eigenvalue weighted by molar-refractivity contribution is 0.0953. The number of hydrogen-bond acceptors (Lipinski definition) is 5. The van der Waals surface area contributed by atoms with Crippen molar-refractivity contribution in [2.75, 3.05) is 11.9 Å². The van der Waals surface area contributed by atoms with Gasteiger partial charge in [-0.25, -0.2) is 9.97 Å². The summed E-state index contributed by atoms with van der Waals surface area (Å²) in [5, 5.41) is 14.4. The van der Waals surface area contributed by atoms with E-state index in [-0.39, 0.29) is 5.91 Å². The van der Waals surface area contributed by atoms with Crippen molar-refractivity contribution in [2.24, 2.45) is 0 Å². The molecule has 0 saturated heterocycles. The summed E-state index contributed by atoms with van der Waals surface area (Å²) in [6, 6.07) is 13.4. The number of hydrogen-bond donors (Lipinski definition) is 3. The van der Waals surface area contributed by atoms with Crippen LogP contribution in [0.15, 0.2) is 67.3 Å². The van der Waals surface area contributed by atoms with E-state index in [1.807, 2.05) is 54.0 Å². The van der Waals surface area contributed by atoms with E-state index in [1.54, 1.807) is 24.5 Å². The van der Waals surface area contributed by atoms with Gasteiger partial charge in [0.1, 0.15) is 0 Å². The molecular weight excluding hydrogens is 390 g/mol. The van der Waals surface area contributed by atoms with E-state index in [0.717, 1.165) is 39.9 Å². The van der Waals surface area contributed by atoms with Crippen LogP contribution in [0.2, 0.25) is 0 Å². The molecule has 0 spiro atoms. The van der Waals surface area contributed by atoms with Crippen molar-refractivity contribution >= 4 is 34.0 Å². The number of nitrogens with one attached hydrogen (secondary N) is 3. The van der Waals surface area contributed by atoms with Gasteiger partial charge in [-0.05, 0) is 36.8 Å². The van der Waals surface area contributed by atoms with Gasteiger partial charge in [-0.3, -0.25) is 9.89 Å². The number of carbonyl (C=O) groups is 1. The molecule has 0 atom stereocenters. The van der Waals surface area contributed by atoms with Gasteiger partial charge in [0, 0.05) is 47.3 Å². The highest BCUT2D eigenvalue weighted by Gasteiger charge is 2.11. The molecule has 3 aromatic heterocycles. The highest BCUT2D eigenvalue weighted by Crippen LogP contribution is 2.26. The SMILES string of the molecule is CCCNC(=O)c1ccc(Nc2nc(-c3ccc4cn[nH]c4c3)cn3ccnc23)cc1. The van der Waals surface area contributed by atoms with Gasteiger partial charge in [-0.2, -0.15) is 5.10 Å². The monoisotopic (exact) mass is 411 g/mol. The van der Waals surface area contributed by atoms with Crippen LogP contribution in [0, 0.1) is 0 Å². The topological polar surface area (TPSA) is 100 Å². The van der Waals surface area contributed by atoms with Crippen molar-refractivity contribution in [2.45, 2.75) is 13.3 Å². The van der Waals surface area contributed by atoms with Gasteiger partial charge in [-0.1, -0.05) is 19.1 Å². The maximum absolute atomic E-state index is 12.1. The quantitative estimate of drug-likeness (QED) is 0.390. The molecule has 0 saturated carbocycles. The molecule has 2 aromatic carbocycles. The maximum atomic E-state index is 12.1. The number of benzene rings is 2. The van der Waals surface area contributed by atoms with Gasteiger partial charge in [0.15, 0.2) is 11.5 Å². The summed E-state index contributed by atoms with van der Waals surface area (Å²) < 4.78 is 1.94. The third-order valence-corrected chi connectivity index (χ3v) is 5.06. The van der Waals surface area contributed by atoms with E-state index in [2.05, 4.69) is 25.8 Å². The predicted octanol–water partition coefficient (Wildman–Crippen LogP) is 4.16. The van der Waals surface area contributed by atoms with Crippen LogP contribution in [0.4, 0.5) is 11.5 Å². The van der Waals surface area contributed by atoms with E-state index in [4.69, 9.17) is 4.98 Å². The van der Waals surface area contributed by atoms with Crippen LogP contribution in [0.5, 0.6) is 0 Å². The van der Waals surface area contributed by atoms with Crippen LogP contribution in [-0.2, 0) is 0 Å². The molecule has 0 unspecified atom stereocenters. The summed E-state index contributed by atoms with van der Waals surface area (Å²) in [4.78, 5) is 21.4. The Morgan fingerprint density at radius 2 is 2.03 bits per heavy atom. The number of aromatic nitrogens is 5. The minimum atomic E-state index is -0.0710. The van der Waals surface area contributed by atoms with Crippen molar-refractivity contribution in [3.8, 4) is 11.3 Å². The van der Waals surface area contributed by atoms with Crippen molar-refractivity contribution in [1.82, 2.24) is 29.9 Å². The van der Waals surface area contributed by atoms with E-state index >= 15 is 0 Å². The fourth-order valence-corrected chi connectivity index (χ4v) is 3.43. The minimum absolute atomic E-state index is 0.0710. The smallest absolute Gasteiger partial charge is 0.251 e. The Hall–Kier alpha value is -4.20. The molecule has 0 aliphatic carbocycles. The first-order valence-corrected chi connectivity index (χ1v) is 10.1. The van der Waals surface area contributed by atoms with Crippen LogP contribution in [0.3, 0.4) is 0 Å². The predicted molar refractivity (Wildman–Crippen MR) is 120 cm³/mol. The number of aromatic amines is 1. The second-order valence-electron chi connectivity index (χ2n) is 7.26. The summed E-state index contributed by atoms with van der Waals surface area (Å²) in [6.45, 7) is 2.69. The molecule has 5 aromatic rings. The Bertz CT molecular complexity index is 1370. The number of carbonyl (C=O) groups excluding carboxylic acids is 1. The first-order chi connectivity index (χ1) is 15.2. The molecule has 0 aliphatic heterocycles. The highest BCUT2D eigenvalue weighted by atomic mass is 16.1. The Morgan fingerprint density at radius 1 is 1.16 bits per heavy atom. The fraction of sp³-hybridized carbons (Fsp3) is 0.130. The number of rotatable bonds is 6. The first-order valence-electron chi connectivity index (χ1n) is 10.1. The van der Waals surface area contributed by atoms with Crippen molar-refractivity contribution in [1.29, 1.82) is 0 Å². The van der Waals surface area contributed by atoms with Gasteiger partial charge < -0.3 is 15.0 Å². The lowest BCUT2D eigenvalue weighted by atomic mass is 10.1. The molecule has 0 radical (unpaired) electrons. The Balaban J connectivity index is 1.47. The second kappa shape index (κ2) is 7.91. The molecule has 8 heteroatoms. The number of amides is 1. The molecule has 3 N–H and O–H groups in total. The summed E-state index contributed by atoms with van der Waals surface area (Å²) in [6.07, 6.45) is 8.28. The van der Waals surface area contributed by atoms with Crippen molar-refractivity contribution in [3.63, 3.8) is 0 Å². The zero-order chi connectivity index (χ0) is 21.2. The third-order valence-electron chi connectivity index (χ3n) is 5.06. The Kier molecular flexibility index (Phi) is 4.80. The summed E-state index contributed by atoms with van der Waals surface area (Å²) in [5.74, 6) is 0.564. The van der Waals surface area contributed by atoms with Gasteiger partial charge in [0.25, 0.3) is 5.91 Å². The van der Waals surface area contributed by atoms with E-state index in [9.17, 15) is 4.79 Å². The summed E-state index contributed by atoms with van der Waals surface area (Å²) in [5.41, 5.74) is 4.90. The number of fused-ring (bicyclic) bond motifs is 2. The van der Waals surface area contributed by atoms with Gasteiger partial charge in [-0.15, -0.1) is 0 Å². The lowest BCUT2D eigenvalue weighted by Crippen LogP contribution is -2.23. The molecular formula is C23H21N7O. The largest absolute Gasteiger partial charge is 0.352 e. The molecule has 0 fully saturated rings. The average molecular weight is 411 g/mol. The average Bonchev–Trinajstić information content (AvgIpc) is 3.46. The van der Waals surface area contributed by atoms with Gasteiger partial charge in [0.2, 0.25) is 0 Å². The summed E-state index contributed by atoms with van der Waals surface area (Å²) >= 11 is 0.